The summed E-state index contributed by atoms with van der Waals surface area (Å²) in [4.78, 5) is 27.5. The van der Waals surface area contributed by atoms with E-state index in [0.717, 1.165) is 25.2 Å². The van der Waals surface area contributed by atoms with E-state index < -0.39 is 0 Å². The van der Waals surface area contributed by atoms with Crippen LogP contribution < -0.4 is 10.3 Å². The monoisotopic (exact) mass is 422 g/mol. The largest absolute Gasteiger partial charge is 0.372 e. The first kappa shape index (κ1) is 19.8. The van der Waals surface area contributed by atoms with Crippen molar-refractivity contribution in [3.63, 3.8) is 0 Å². The van der Waals surface area contributed by atoms with E-state index in [1.165, 1.54) is 10.6 Å². The second-order valence-electron chi connectivity index (χ2n) is 7.78. The number of anilines is 2. The van der Waals surface area contributed by atoms with Gasteiger partial charge in [0.25, 0.3) is 11.8 Å². The first-order valence-corrected chi connectivity index (χ1v) is 10.6. The smallest absolute Gasteiger partial charge is 0.282 e. The Morgan fingerprint density at radius 3 is 2.31 bits per heavy atom. The van der Waals surface area contributed by atoms with Crippen molar-refractivity contribution in [2.24, 2.45) is 5.10 Å². The molecular weight excluding hydrogens is 400 g/mol. The van der Waals surface area contributed by atoms with Gasteiger partial charge in [0.15, 0.2) is 0 Å². The average molecular weight is 422 g/mol. The number of hydrogen-bond donors (Lipinski definition) is 1. The highest BCUT2D eigenvalue weighted by atomic mass is 16.2. The van der Waals surface area contributed by atoms with Gasteiger partial charge in [-0.05, 0) is 42.0 Å². The van der Waals surface area contributed by atoms with Crippen LogP contribution in [0.3, 0.4) is 0 Å². The number of amides is 2. The molecule has 0 unspecified atom stereocenters. The third kappa shape index (κ3) is 4.03. The van der Waals surface area contributed by atoms with Crippen molar-refractivity contribution in [2.75, 3.05) is 16.9 Å². The van der Waals surface area contributed by atoms with E-state index in [9.17, 15) is 9.59 Å². The predicted octanol–water partition coefficient (Wildman–Crippen LogP) is 4.43. The minimum absolute atomic E-state index is 0.126. The summed E-state index contributed by atoms with van der Waals surface area (Å²) < 4.78 is 0. The standard InChI is InChI=1S/C26H22N4O2/c31-25(20-9-5-2-6-10-20)27-21-11-13-22(14-12-21)30-26(32)23-18-29(16-15-24(23)28-30)17-19-7-3-1-4-8-19/h1-14,18H,15-17H2,(H,27,31). The van der Waals surface area contributed by atoms with E-state index in [2.05, 4.69) is 27.5 Å². The Bertz CT molecular complexity index is 1200. The summed E-state index contributed by atoms with van der Waals surface area (Å²) in [7, 11) is 0. The summed E-state index contributed by atoms with van der Waals surface area (Å²) in [5.41, 5.74) is 4.60. The van der Waals surface area contributed by atoms with Crippen LogP contribution in [-0.4, -0.2) is 29.0 Å². The molecule has 2 aliphatic heterocycles. The molecule has 0 bridgehead atoms. The molecule has 2 heterocycles. The first-order valence-electron chi connectivity index (χ1n) is 10.6. The Morgan fingerprint density at radius 1 is 0.906 bits per heavy atom. The van der Waals surface area contributed by atoms with E-state index in [-0.39, 0.29) is 11.8 Å². The summed E-state index contributed by atoms with van der Waals surface area (Å²) in [6.45, 7) is 1.59. The molecule has 2 aliphatic rings. The molecule has 6 heteroatoms. The summed E-state index contributed by atoms with van der Waals surface area (Å²) >= 11 is 0. The van der Waals surface area contributed by atoms with Crippen molar-refractivity contribution < 1.29 is 9.59 Å². The zero-order valence-corrected chi connectivity index (χ0v) is 17.4. The Morgan fingerprint density at radius 2 is 1.59 bits per heavy atom. The van der Waals surface area contributed by atoms with Crippen LogP contribution in [-0.2, 0) is 11.3 Å². The molecule has 32 heavy (non-hydrogen) atoms. The molecule has 0 atom stereocenters. The van der Waals surface area contributed by atoms with Gasteiger partial charge in [0, 0.05) is 37.0 Å². The third-order valence-electron chi connectivity index (χ3n) is 5.54. The normalized spacial score (nSPS) is 15.2. The topological polar surface area (TPSA) is 65.0 Å². The van der Waals surface area contributed by atoms with Gasteiger partial charge in [0.05, 0.1) is 17.0 Å². The maximum absolute atomic E-state index is 13.0. The molecule has 0 saturated carbocycles. The lowest BCUT2D eigenvalue weighted by Gasteiger charge is -2.25. The highest BCUT2D eigenvalue weighted by Crippen LogP contribution is 2.28. The van der Waals surface area contributed by atoms with E-state index in [1.54, 1.807) is 36.4 Å². The quantitative estimate of drug-likeness (QED) is 0.662. The van der Waals surface area contributed by atoms with Crippen molar-refractivity contribution in [3.8, 4) is 0 Å². The van der Waals surface area contributed by atoms with Crippen LogP contribution in [0.1, 0.15) is 22.3 Å². The molecule has 0 fully saturated rings. The molecule has 0 saturated heterocycles. The van der Waals surface area contributed by atoms with Crippen LogP contribution in [0, 0.1) is 0 Å². The summed E-state index contributed by atoms with van der Waals surface area (Å²) in [5.74, 6) is -0.302. The van der Waals surface area contributed by atoms with Crippen LogP contribution in [0.2, 0.25) is 0 Å². The zero-order chi connectivity index (χ0) is 21.9. The molecule has 158 valence electrons. The van der Waals surface area contributed by atoms with Gasteiger partial charge in [0.1, 0.15) is 0 Å². The maximum atomic E-state index is 13.0. The van der Waals surface area contributed by atoms with Crippen LogP contribution in [0.15, 0.2) is 102 Å². The van der Waals surface area contributed by atoms with E-state index in [4.69, 9.17) is 0 Å². The molecule has 0 spiro atoms. The highest BCUT2D eigenvalue weighted by molar-refractivity contribution is 6.30. The maximum Gasteiger partial charge on any atom is 0.282 e. The number of benzene rings is 3. The number of nitrogens with one attached hydrogen (secondary N) is 1. The number of rotatable bonds is 5. The van der Waals surface area contributed by atoms with Gasteiger partial charge in [-0.25, -0.2) is 0 Å². The zero-order valence-electron chi connectivity index (χ0n) is 17.4. The number of carbonyl (C=O) groups excluding carboxylic acids is 2. The fraction of sp³-hybridized carbons (Fsp3) is 0.115. The van der Waals surface area contributed by atoms with Gasteiger partial charge in [-0.1, -0.05) is 48.5 Å². The molecule has 3 aromatic rings. The number of fused-ring (bicyclic) bond motifs is 1. The average Bonchev–Trinajstić information content (AvgIpc) is 3.17. The van der Waals surface area contributed by atoms with Crippen molar-refractivity contribution >= 4 is 28.9 Å². The van der Waals surface area contributed by atoms with Crippen LogP contribution in [0.25, 0.3) is 0 Å². The van der Waals surface area contributed by atoms with Gasteiger partial charge >= 0.3 is 0 Å². The molecule has 3 aromatic carbocycles. The molecule has 5 rings (SSSR count). The lowest BCUT2D eigenvalue weighted by atomic mass is 10.0. The lowest BCUT2D eigenvalue weighted by molar-refractivity contribution is -0.114. The predicted molar refractivity (Wildman–Crippen MR) is 125 cm³/mol. The second-order valence-corrected chi connectivity index (χ2v) is 7.78. The summed E-state index contributed by atoms with van der Waals surface area (Å²) in [6.07, 6.45) is 2.65. The fourth-order valence-corrected chi connectivity index (χ4v) is 3.86. The van der Waals surface area contributed by atoms with Crippen molar-refractivity contribution in [1.82, 2.24) is 4.90 Å². The highest BCUT2D eigenvalue weighted by Gasteiger charge is 2.33. The molecule has 6 nitrogen and oxygen atoms in total. The summed E-state index contributed by atoms with van der Waals surface area (Å²) in [5, 5.41) is 8.87. The van der Waals surface area contributed by atoms with E-state index in [1.807, 2.05) is 42.6 Å². The Labute approximate surface area is 186 Å². The van der Waals surface area contributed by atoms with Gasteiger partial charge in [-0.2, -0.15) is 10.1 Å². The SMILES string of the molecule is O=C(Nc1ccc(N2N=C3CCN(Cc4ccccc4)C=C3C2=O)cc1)c1ccccc1. The number of hydrazone groups is 1. The van der Waals surface area contributed by atoms with E-state index in [0.29, 0.717) is 22.5 Å². The molecule has 2 amide bonds. The summed E-state index contributed by atoms with van der Waals surface area (Å²) in [6, 6.07) is 26.4. The second kappa shape index (κ2) is 8.51. The molecular formula is C26H22N4O2. The minimum atomic E-state index is -0.175. The van der Waals surface area contributed by atoms with Gasteiger partial charge in [-0.15, -0.1) is 0 Å². The third-order valence-corrected chi connectivity index (χ3v) is 5.54. The Kier molecular flexibility index (Phi) is 5.25. The van der Waals surface area contributed by atoms with Gasteiger partial charge < -0.3 is 10.2 Å². The first-order chi connectivity index (χ1) is 15.7. The minimum Gasteiger partial charge on any atom is -0.372 e. The van der Waals surface area contributed by atoms with E-state index >= 15 is 0 Å². The molecule has 0 radical (unpaired) electrons. The van der Waals surface area contributed by atoms with Crippen LogP contribution >= 0.6 is 0 Å². The Balaban J connectivity index is 1.28. The number of nitrogens with zero attached hydrogens (tertiary/aromatic N) is 3. The van der Waals surface area contributed by atoms with Crippen molar-refractivity contribution in [3.05, 3.63) is 108 Å². The van der Waals surface area contributed by atoms with Crippen LogP contribution in [0.5, 0.6) is 0 Å². The number of hydrogen-bond acceptors (Lipinski definition) is 4. The van der Waals surface area contributed by atoms with Crippen molar-refractivity contribution in [2.45, 2.75) is 13.0 Å². The molecule has 0 aromatic heterocycles. The van der Waals surface area contributed by atoms with Gasteiger partial charge in [-0.3, -0.25) is 9.59 Å². The fourth-order valence-electron chi connectivity index (χ4n) is 3.86. The van der Waals surface area contributed by atoms with Crippen molar-refractivity contribution in [1.29, 1.82) is 0 Å². The van der Waals surface area contributed by atoms with Gasteiger partial charge in [0.2, 0.25) is 0 Å². The molecule has 0 aliphatic carbocycles. The Hall–Kier alpha value is -4.19. The number of carbonyl (C=O) groups is 2. The lowest BCUT2D eigenvalue weighted by Crippen LogP contribution is -2.29. The molecule has 1 N–H and O–H groups in total. The van der Waals surface area contributed by atoms with Crippen LogP contribution in [0.4, 0.5) is 11.4 Å².